The van der Waals surface area contributed by atoms with Crippen LogP contribution in [0.25, 0.3) is 0 Å². The van der Waals surface area contributed by atoms with E-state index in [1.807, 2.05) is 6.07 Å². The first-order valence-electron chi connectivity index (χ1n) is 5.83. The molecule has 0 saturated carbocycles. The molecule has 2 rings (SSSR count). The summed E-state index contributed by atoms with van der Waals surface area (Å²) in [6.07, 6.45) is 0. The van der Waals surface area contributed by atoms with Gasteiger partial charge >= 0.3 is 12.0 Å². The number of urea groups is 1. The second-order valence-electron chi connectivity index (χ2n) is 4.15. The molecule has 2 amide bonds. The molecule has 108 valence electrons. The van der Waals surface area contributed by atoms with Crippen LogP contribution in [0.2, 0.25) is 0 Å². The van der Waals surface area contributed by atoms with Gasteiger partial charge in [0.15, 0.2) is 6.04 Å². The Labute approximate surface area is 132 Å². The summed E-state index contributed by atoms with van der Waals surface area (Å²) >= 11 is 6.68. The van der Waals surface area contributed by atoms with Crippen molar-refractivity contribution in [1.29, 1.82) is 0 Å². The Bertz CT molecular complexity index is 518. The van der Waals surface area contributed by atoms with Crippen LogP contribution < -0.4 is 5.32 Å². The second kappa shape index (κ2) is 6.55. The number of carboxylic acid groups (broad SMARTS) is 1. The Hall–Kier alpha value is -1.12. The van der Waals surface area contributed by atoms with E-state index in [4.69, 9.17) is 9.84 Å². The third-order valence-corrected chi connectivity index (χ3v) is 4.19. The average Bonchev–Trinajstić information content (AvgIpc) is 2.43. The summed E-state index contributed by atoms with van der Waals surface area (Å²) in [4.78, 5) is 24.6. The number of benzene rings is 1. The molecule has 1 saturated heterocycles. The molecule has 1 aromatic carbocycles. The zero-order valence-electron chi connectivity index (χ0n) is 10.3. The number of hydrogen-bond acceptors (Lipinski definition) is 3. The highest BCUT2D eigenvalue weighted by Crippen LogP contribution is 2.30. The van der Waals surface area contributed by atoms with Gasteiger partial charge in [0, 0.05) is 15.5 Å². The highest BCUT2D eigenvalue weighted by molar-refractivity contribution is 9.11. The number of hydrogen-bond donors (Lipinski definition) is 2. The Morgan fingerprint density at radius 1 is 1.35 bits per heavy atom. The fourth-order valence-electron chi connectivity index (χ4n) is 1.85. The molecule has 0 bridgehead atoms. The molecular weight excluding hydrogens is 396 g/mol. The number of aliphatic carboxylic acids is 1. The van der Waals surface area contributed by atoms with Crippen molar-refractivity contribution in [3.8, 4) is 0 Å². The van der Waals surface area contributed by atoms with E-state index in [1.165, 1.54) is 4.90 Å². The molecule has 1 aliphatic rings. The molecule has 8 heteroatoms. The largest absolute Gasteiger partial charge is 0.480 e. The van der Waals surface area contributed by atoms with Crippen molar-refractivity contribution < 1.29 is 19.4 Å². The topological polar surface area (TPSA) is 78.9 Å². The maximum Gasteiger partial charge on any atom is 0.328 e. The van der Waals surface area contributed by atoms with Crippen LogP contribution in [0.3, 0.4) is 0 Å². The molecule has 0 aliphatic carbocycles. The number of anilines is 1. The third kappa shape index (κ3) is 3.31. The van der Waals surface area contributed by atoms with Gasteiger partial charge in [-0.1, -0.05) is 6.07 Å². The highest BCUT2D eigenvalue weighted by Gasteiger charge is 2.33. The van der Waals surface area contributed by atoms with Crippen LogP contribution in [-0.4, -0.2) is 47.8 Å². The number of ether oxygens (including phenoxy) is 1. The quantitative estimate of drug-likeness (QED) is 0.789. The van der Waals surface area contributed by atoms with Crippen molar-refractivity contribution in [2.45, 2.75) is 6.04 Å². The van der Waals surface area contributed by atoms with Crippen LogP contribution >= 0.6 is 31.9 Å². The van der Waals surface area contributed by atoms with E-state index < -0.39 is 18.0 Å². The minimum Gasteiger partial charge on any atom is -0.480 e. The number of rotatable bonds is 2. The van der Waals surface area contributed by atoms with Crippen LogP contribution in [0.4, 0.5) is 10.5 Å². The van der Waals surface area contributed by atoms with E-state index in [0.29, 0.717) is 21.2 Å². The van der Waals surface area contributed by atoms with Gasteiger partial charge in [-0.05, 0) is 44.0 Å². The SMILES string of the molecule is O=C(O)C1COCCN1C(=O)Nc1c(Br)cccc1Br. The highest BCUT2D eigenvalue weighted by atomic mass is 79.9. The molecule has 1 atom stereocenters. The molecule has 2 N–H and O–H groups in total. The smallest absolute Gasteiger partial charge is 0.328 e. The fraction of sp³-hybridized carbons (Fsp3) is 0.333. The van der Waals surface area contributed by atoms with Gasteiger partial charge in [-0.15, -0.1) is 0 Å². The van der Waals surface area contributed by atoms with Crippen molar-refractivity contribution in [2.24, 2.45) is 0 Å². The lowest BCUT2D eigenvalue weighted by molar-refractivity contribution is -0.147. The number of amides is 2. The summed E-state index contributed by atoms with van der Waals surface area (Å²) in [7, 11) is 0. The monoisotopic (exact) mass is 406 g/mol. The number of halogens is 2. The van der Waals surface area contributed by atoms with E-state index in [9.17, 15) is 9.59 Å². The van der Waals surface area contributed by atoms with Gasteiger partial charge in [0.05, 0.1) is 18.9 Å². The molecule has 1 aliphatic heterocycles. The number of carbonyl (C=O) groups excluding carboxylic acids is 1. The van der Waals surface area contributed by atoms with Crippen molar-refractivity contribution in [3.63, 3.8) is 0 Å². The van der Waals surface area contributed by atoms with Crippen LogP contribution in [-0.2, 0) is 9.53 Å². The molecule has 1 fully saturated rings. The summed E-state index contributed by atoms with van der Waals surface area (Å²) in [6, 6.07) is 3.96. The lowest BCUT2D eigenvalue weighted by Gasteiger charge is -2.32. The van der Waals surface area contributed by atoms with Gasteiger partial charge in [0.1, 0.15) is 0 Å². The second-order valence-corrected chi connectivity index (χ2v) is 5.86. The number of morpholine rings is 1. The Balaban J connectivity index is 2.16. The summed E-state index contributed by atoms with van der Waals surface area (Å²) in [5.74, 6) is -1.08. The van der Waals surface area contributed by atoms with Gasteiger partial charge in [0.2, 0.25) is 0 Å². The van der Waals surface area contributed by atoms with E-state index >= 15 is 0 Å². The summed E-state index contributed by atoms with van der Waals surface area (Å²) in [5, 5.41) is 11.8. The maximum absolute atomic E-state index is 12.2. The van der Waals surface area contributed by atoms with E-state index in [2.05, 4.69) is 37.2 Å². The minimum absolute atomic E-state index is 0.000117. The summed E-state index contributed by atoms with van der Waals surface area (Å²) in [6.45, 7) is 0.569. The lowest BCUT2D eigenvalue weighted by atomic mass is 10.2. The third-order valence-electron chi connectivity index (χ3n) is 2.87. The number of nitrogens with zero attached hydrogens (tertiary/aromatic N) is 1. The molecule has 0 spiro atoms. The number of para-hydroxylation sites is 1. The summed E-state index contributed by atoms with van der Waals surface area (Å²) < 4.78 is 6.52. The van der Waals surface area contributed by atoms with Crippen LogP contribution in [0.1, 0.15) is 0 Å². The predicted molar refractivity (Wildman–Crippen MR) is 79.8 cm³/mol. The van der Waals surface area contributed by atoms with E-state index in [1.54, 1.807) is 12.1 Å². The predicted octanol–water partition coefficient (Wildman–Crippen LogP) is 2.53. The molecule has 6 nitrogen and oxygen atoms in total. The zero-order chi connectivity index (χ0) is 14.7. The molecule has 1 aromatic rings. The van der Waals surface area contributed by atoms with Gasteiger partial charge in [0.25, 0.3) is 0 Å². The molecule has 20 heavy (non-hydrogen) atoms. The van der Waals surface area contributed by atoms with Crippen molar-refractivity contribution in [1.82, 2.24) is 4.90 Å². The Morgan fingerprint density at radius 3 is 2.60 bits per heavy atom. The number of nitrogens with one attached hydrogen (secondary N) is 1. The van der Waals surface area contributed by atoms with Crippen LogP contribution in [0.15, 0.2) is 27.1 Å². The lowest BCUT2D eigenvalue weighted by Crippen LogP contribution is -2.54. The maximum atomic E-state index is 12.2. The molecule has 1 heterocycles. The number of carboxylic acids is 1. The van der Waals surface area contributed by atoms with Gasteiger partial charge < -0.3 is 20.1 Å². The first-order chi connectivity index (χ1) is 9.50. The Kier molecular flexibility index (Phi) is 5.00. The standard InChI is InChI=1S/C12H12Br2N2O4/c13-7-2-1-3-8(14)10(7)15-12(19)16-4-5-20-6-9(16)11(17)18/h1-3,9H,4-6H2,(H,15,19)(H,17,18). The summed E-state index contributed by atoms with van der Waals surface area (Å²) in [5.41, 5.74) is 0.563. The average molecular weight is 408 g/mol. The molecule has 0 radical (unpaired) electrons. The molecule has 1 unspecified atom stereocenters. The van der Waals surface area contributed by atoms with Gasteiger partial charge in [-0.3, -0.25) is 0 Å². The first-order valence-corrected chi connectivity index (χ1v) is 7.41. The van der Waals surface area contributed by atoms with Crippen molar-refractivity contribution in [2.75, 3.05) is 25.1 Å². The first kappa shape index (κ1) is 15.3. The van der Waals surface area contributed by atoms with Crippen LogP contribution in [0, 0.1) is 0 Å². The molecular formula is C12H12Br2N2O4. The van der Waals surface area contributed by atoms with Crippen molar-refractivity contribution >= 4 is 49.5 Å². The minimum atomic E-state index is -1.08. The Morgan fingerprint density at radius 2 is 2.00 bits per heavy atom. The van der Waals surface area contributed by atoms with E-state index in [-0.39, 0.29) is 13.2 Å². The normalized spacial score (nSPS) is 18.7. The van der Waals surface area contributed by atoms with E-state index in [0.717, 1.165) is 0 Å². The molecule has 0 aromatic heterocycles. The van der Waals surface area contributed by atoms with Gasteiger partial charge in [-0.25, -0.2) is 9.59 Å². The van der Waals surface area contributed by atoms with Crippen molar-refractivity contribution in [3.05, 3.63) is 27.1 Å². The zero-order valence-corrected chi connectivity index (χ0v) is 13.5. The van der Waals surface area contributed by atoms with Crippen LogP contribution in [0.5, 0.6) is 0 Å². The number of carbonyl (C=O) groups is 2. The fourth-order valence-corrected chi connectivity index (χ4v) is 3.04. The van der Waals surface area contributed by atoms with Gasteiger partial charge in [-0.2, -0.15) is 0 Å².